The van der Waals surface area contributed by atoms with Crippen LogP contribution in [0.5, 0.6) is 0 Å². The minimum absolute atomic E-state index is 1.13. The first-order valence-corrected chi connectivity index (χ1v) is 12.4. The lowest BCUT2D eigenvalue weighted by Gasteiger charge is -2.07. The van der Waals surface area contributed by atoms with Crippen molar-refractivity contribution in [2.75, 3.05) is 0 Å². The first-order valence-electron chi connectivity index (χ1n) is 4.63. The Morgan fingerprint density at radius 1 is 1.00 bits per heavy atom. The summed E-state index contributed by atoms with van der Waals surface area (Å²) in [5.74, 6) is 0. The van der Waals surface area contributed by atoms with Crippen LogP contribution >= 0.6 is 41.7 Å². The van der Waals surface area contributed by atoms with E-state index in [1.165, 1.54) is 38.5 Å². The van der Waals surface area contributed by atoms with Crippen LogP contribution in [0.3, 0.4) is 0 Å². The molecule has 0 aliphatic carbocycles. The van der Waals surface area contributed by atoms with E-state index in [-0.39, 0.29) is 0 Å². The molecule has 0 N–H and O–H groups in total. The molecule has 0 aromatic heterocycles. The lowest BCUT2D eigenvalue weighted by Crippen LogP contribution is -2.05. The molecule has 0 saturated heterocycles. The molecule has 0 spiro atoms. The molecule has 0 aliphatic heterocycles. The normalized spacial score (nSPS) is 12.0. The molecule has 0 aromatic rings. The van der Waals surface area contributed by atoms with E-state index >= 15 is 0 Å². The summed E-state index contributed by atoms with van der Waals surface area (Å²) in [4.78, 5) is 0. The van der Waals surface area contributed by atoms with Crippen molar-refractivity contribution in [2.45, 2.75) is 51.5 Å². The lowest BCUT2D eigenvalue weighted by molar-refractivity contribution is 0.624. The fourth-order valence-electron chi connectivity index (χ4n) is 1.11. The Kier molecular flexibility index (Phi) is 8.79. The summed E-state index contributed by atoms with van der Waals surface area (Å²) < 4.78 is -1.63. The topological polar surface area (TPSA) is 0 Å². The van der Waals surface area contributed by atoms with Gasteiger partial charge in [0.1, 0.15) is 0 Å². The van der Waals surface area contributed by atoms with Gasteiger partial charge in [0.25, 0.3) is 4.62 Å². The minimum atomic E-state index is -1.63. The van der Waals surface area contributed by atoms with Gasteiger partial charge in [-0.1, -0.05) is 76.0 Å². The summed E-state index contributed by atoms with van der Waals surface area (Å²) in [7, 11) is 0. The van der Waals surface area contributed by atoms with Crippen molar-refractivity contribution < 1.29 is 0 Å². The zero-order chi connectivity index (χ0) is 9.45. The molecule has 0 saturated carbocycles. The average Bonchev–Trinajstić information content (AvgIpc) is 1.94. The van der Waals surface area contributed by atoms with E-state index in [9.17, 15) is 0 Å². The Hall–Kier alpha value is 1.47. The molecule has 0 nitrogen and oxygen atoms in total. The van der Waals surface area contributed by atoms with Gasteiger partial charge in [0, 0.05) is 0 Å². The lowest BCUT2D eigenvalue weighted by atomic mass is 10.1. The molecular weight excluding hydrogens is 319 g/mol. The fraction of sp³-hybridized carbons (Fsp3) is 1.00. The number of unbranched alkanes of at least 4 members (excludes halogenated alkanes) is 5. The van der Waals surface area contributed by atoms with Crippen LogP contribution in [0.15, 0.2) is 0 Å². The maximum Gasteiger partial charge on any atom is 0.292 e. The van der Waals surface area contributed by atoms with Crippen LogP contribution in [-0.4, -0.2) is 4.62 Å². The molecule has 4 heteroatoms. The second-order valence-corrected chi connectivity index (χ2v) is 20.9. The molecule has 0 rings (SSSR count). The molecule has 0 aromatic carbocycles. The van der Waals surface area contributed by atoms with Gasteiger partial charge in [-0.15, -0.1) is 11.1 Å². The van der Waals surface area contributed by atoms with Crippen molar-refractivity contribution in [1.82, 2.24) is 0 Å². The summed E-state index contributed by atoms with van der Waals surface area (Å²) >= 11 is 13.0. The van der Waals surface area contributed by atoms with Crippen molar-refractivity contribution in [3.63, 3.8) is 0 Å². The summed E-state index contributed by atoms with van der Waals surface area (Å²) in [5.41, 5.74) is 0. The van der Waals surface area contributed by atoms with Gasteiger partial charge >= 0.3 is 0 Å². The second-order valence-electron chi connectivity index (χ2n) is 3.13. The number of hydrogen-bond donors (Lipinski definition) is 0. The highest BCUT2D eigenvalue weighted by Gasteiger charge is 2.21. The van der Waals surface area contributed by atoms with Crippen LogP contribution in [0.4, 0.5) is 0 Å². The Morgan fingerprint density at radius 3 is 2.00 bits per heavy atom. The predicted molar refractivity (Wildman–Crippen MR) is 67.6 cm³/mol. The number of halogens is 3. The van der Waals surface area contributed by atoms with E-state index < -0.39 is 4.62 Å². The van der Waals surface area contributed by atoms with Gasteiger partial charge in [0.15, 0.2) is 0 Å². The smallest absolute Gasteiger partial charge is 0.137 e. The van der Waals surface area contributed by atoms with Gasteiger partial charge in [-0.05, 0) is 6.04 Å². The van der Waals surface area contributed by atoms with E-state index in [2.05, 4.69) is 37.5 Å². The quantitative estimate of drug-likeness (QED) is 0.335. The summed E-state index contributed by atoms with van der Waals surface area (Å²) in [6, 6.07) is 1.13. The summed E-state index contributed by atoms with van der Waals surface area (Å²) in [6.45, 7) is 2.24. The van der Waals surface area contributed by atoms with Crippen molar-refractivity contribution in [3.8, 4) is 0 Å². The average molecular weight is 337 g/mol. The Labute approximate surface area is 97.3 Å². The third-order valence-corrected chi connectivity index (χ3v) is 5.68. The minimum Gasteiger partial charge on any atom is -0.137 e. The van der Waals surface area contributed by atoms with Crippen LogP contribution in [0.2, 0.25) is 6.04 Å². The van der Waals surface area contributed by atoms with Crippen molar-refractivity contribution in [1.29, 1.82) is 0 Å². The van der Waals surface area contributed by atoms with Crippen molar-refractivity contribution in [3.05, 3.63) is 0 Å². The Balaban J connectivity index is 3.01. The third-order valence-electron chi connectivity index (χ3n) is 1.81. The highest BCUT2D eigenvalue weighted by molar-refractivity contribution is 9.53. The Morgan fingerprint density at radius 2 is 1.50 bits per heavy atom. The van der Waals surface area contributed by atoms with Gasteiger partial charge in [-0.25, -0.2) is 0 Å². The molecule has 0 fully saturated rings. The molecule has 0 bridgehead atoms. The first-order chi connectivity index (χ1) is 5.56. The van der Waals surface area contributed by atoms with Crippen molar-refractivity contribution >= 4 is 46.3 Å². The van der Waals surface area contributed by atoms with E-state index in [4.69, 9.17) is 11.1 Å². The summed E-state index contributed by atoms with van der Waals surface area (Å²) in [5, 5.41) is 0. The van der Waals surface area contributed by atoms with Gasteiger partial charge in [-0.2, -0.15) is 0 Å². The summed E-state index contributed by atoms with van der Waals surface area (Å²) in [6.07, 6.45) is 8.05. The van der Waals surface area contributed by atoms with Crippen LogP contribution < -0.4 is 0 Å². The van der Waals surface area contributed by atoms with E-state index in [0.29, 0.717) is 0 Å². The molecule has 0 amide bonds. The first kappa shape index (κ1) is 13.5. The highest BCUT2D eigenvalue weighted by atomic mass is 79.9. The maximum absolute atomic E-state index is 6.05. The fourth-order valence-corrected chi connectivity index (χ4v) is 3.84. The van der Waals surface area contributed by atoms with Crippen LogP contribution in [0.25, 0.3) is 0 Å². The maximum atomic E-state index is 6.05. The highest BCUT2D eigenvalue weighted by Crippen LogP contribution is 2.31. The second kappa shape index (κ2) is 7.83. The largest absolute Gasteiger partial charge is 0.292 e. The number of rotatable bonds is 7. The molecule has 12 heavy (non-hydrogen) atoms. The zero-order valence-corrected chi connectivity index (χ0v) is 12.5. The zero-order valence-electron chi connectivity index (χ0n) is 7.58. The molecular formula is C8H17Br2ClSi. The molecule has 0 atom stereocenters. The van der Waals surface area contributed by atoms with Gasteiger partial charge < -0.3 is 0 Å². The third kappa shape index (κ3) is 11.5. The van der Waals surface area contributed by atoms with E-state index in [1.54, 1.807) is 0 Å². The SMILES string of the molecule is CCCCCCCC[Si](Cl)(Br)Br. The monoisotopic (exact) mass is 334 g/mol. The van der Waals surface area contributed by atoms with Gasteiger partial charge in [-0.3, -0.25) is 0 Å². The molecule has 74 valence electrons. The molecule has 0 heterocycles. The Bertz CT molecular complexity index is 104. The molecule has 0 radical (unpaired) electrons. The van der Waals surface area contributed by atoms with Crippen LogP contribution in [0, 0.1) is 0 Å². The standard InChI is InChI=1S/C8H17Br2ClSi/c1-2-3-4-5-6-7-8-12(9,10)11/h2-8H2,1H3. The van der Waals surface area contributed by atoms with Crippen molar-refractivity contribution in [2.24, 2.45) is 0 Å². The van der Waals surface area contributed by atoms with Crippen LogP contribution in [-0.2, 0) is 0 Å². The number of hydrogen-bond acceptors (Lipinski definition) is 0. The van der Waals surface area contributed by atoms with Crippen LogP contribution in [0.1, 0.15) is 45.4 Å². The van der Waals surface area contributed by atoms with E-state index in [1.807, 2.05) is 0 Å². The van der Waals surface area contributed by atoms with Gasteiger partial charge in [0.05, 0.1) is 0 Å². The van der Waals surface area contributed by atoms with E-state index in [0.717, 1.165) is 6.04 Å². The predicted octanol–water partition coefficient (Wildman–Crippen LogP) is 5.31. The molecule has 0 unspecified atom stereocenters. The van der Waals surface area contributed by atoms with Gasteiger partial charge in [0.2, 0.25) is 0 Å². The molecule has 0 aliphatic rings.